The minimum Gasteiger partial charge on any atom is -0.506 e. The van der Waals surface area contributed by atoms with Crippen LogP contribution in [0.3, 0.4) is 0 Å². The van der Waals surface area contributed by atoms with Crippen molar-refractivity contribution in [3.05, 3.63) is 82.1 Å². The minimum atomic E-state index is -0.521. The number of rotatable bonds is 8. The highest BCUT2D eigenvalue weighted by Crippen LogP contribution is 2.40. The van der Waals surface area contributed by atoms with Crippen LogP contribution in [0, 0.1) is 0 Å². The van der Waals surface area contributed by atoms with Crippen LogP contribution in [0.2, 0.25) is 0 Å². The average Bonchev–Trinajstić information content (AvgIpc) is 3.20. The molecule has 0 aliphatic heterocycles. The monoisotopic (exact) mass is 495 g/mol. The molecule has 4 aromatic rings. The summed E-state index contributed by atoms with van der Waals surface area (Å²) in [4.78, 5) is 40.3. The highest BCUT2D eigenvalue weighted by atomic mass is 32.2. The van der Waals surface area contributed by atoms with Crippen LogP contribution in [0.1, 0.15) is 15.9 Å². The molecule has 34 heavy (non-hydrogen) atoms. The normalized spacial score (nSPS) is 10.7. The fourth-order valence-corrected chi connectivity index (χ4v) is 5.50. The SMILES string of the molecule is COc1cccc(NC(=O)CSc2sc3c(O)cc(=O)[nH]c3c2C(=O)NCc2ccccc2)c1. The first-order chi connectivity index (χ1) is 16.4. The van der Waals surface area contributed by atoms with E-state index in [-0.39, 0.29) is 28.5 Å². The van der Waals surface area contributed by atoms with Crippen LogP contribution in [-0.2, 0) is 11.3 Å². The molecular weight excluding hydrogens is 474 g/mol. The Morgan fingerprint density at radius 1 is 1.12 bits per heavy atom. The lowest BCUT2D eigenvalue weighted by molar-refractivity contribution is -0.113. The average molecular weight is 496 g/mol. The summed E-state index contributed by atoms with van der Waals surface area (Å²) in [6, 6.07) is 17.5. The molecule has 2 amide bonds. The zero-order valence-electron chi connectivity index (χ0n) is 18.1. The number of thiophene rings is 1. The number of pyridine rings is 1. The lowest BCUT2D eigenvalue weighted by atomic mass is 10.2. The van der Waals surface area contributed by atoms with E-state index in [0.717, 1.165) is 34.7 Å². The van der Waals surface area contributed by atoms with Gasteiger partial charge < -0.3 is 25.5 Å². The molecule has 0 aliphatic rings. The topological polar surface area (TPSA) is 121 Å². The van der Waals surface area contributed by atoms with Crippen molar-refractivity contribution in [3.8, 4) is 11.5 Å². The largest absolute Gasteiger partial charge is 0.506 e. The van der Waals surface area contributed by atoms with E-state index >= 15 is 0 Å². The Morgan fingerprint density at radius 2 is 1.91 bits per heavy atom. The predicted octanol–water partition coefficient (Wildman–Crippen LogP) is 3.96. The Labute approximate surface area is 203 Å². The number of thioether (sulfide) groups is 1. The van der Waals surface area contributed by atoms with Crippen molar-refractivity contribution in [2.24, 2.45) is 0 Å². The molecule has 0 radical (unpaired) electrons. The van der Waals surface area contributed by atoms with E-state index in [1.54, 1.807) is 31.4 Å². The summed E-state index contributed by atoms with van der Waals surface area (Å²) in [6.45, 7) is 0.292. The van der Waals surface area contributed by atoms with E-state index in [0.29, 0.717) is 26.9 Å². The summed E-state index contributed by atoms with van der Waals surface area (Å²) >= 11 is 2.30. The van der Waals surface area contributed by atoms with Gasteiger partial charge in [-0.2, -0.15) is 0 Å². The Kier molecular flexibility index (Phi) is 7.19. The molecule has 0 aliphatic carbocycles. The highest BCUT2D eigenvalue weighted by Gasteiger charge is 2.23. The van der Waals surface area contributed by atoms with E-state index in [9.17, 15) is 19.5 Å². The van der Waals surface area contributed by atoms with Crippen LogP contribution in [0.15, 0.2) is 69.7 Å². The molecule has 0 fully saturated rings. The van der Waals surface area contributed by atoms with Gasteiger partial charge in [0.25, 0.3) is 11.5 Å². The maximum absolute atomic E-state index is 13.1. The molecule has 0 spiro atoms. The molecule has 0 unspecified atom stereocenters. The molecule has 0 bridgehead atoms. The van der Waals surface area contributed by atoms with Crippen LogP contribution in [0.4, 0.5) is 5.69 Å². The van der Waals surface area contributed by atoms with E-state index in [1.165, 1.54) is 0 Å². The number of carbonyl (C=O) groups is 2. The third-order valence-electron chi connectivity index (χ3n) is 4.84. The second-order valence-corrected chi connectivity index (χ2v) is 9.49. The van der Waals surface area contributed by atoms with Gasteiger partial charge in [-0.05, 0) is 17.7 Å². The molecule has 4 N–H and O–H groups in total. The number of aromatic hydroxyl groups is 1. The summed E-state index contributed by atoms with van der Waals surface area (Å²) in [5.74, 6) is -0.259. The second-order valence-electron chi connectivity index (χ2n) is 7.22. The Hall–Kier alpha value is -3.76. The number of anilines is 1. The van der Waals surface area contributed by atoms with Gasteiger partial charge in [0.05, 0.1) is 32.9 Å². The number of amides is 2. The van der Waals surface area contributed by atoms with E-state index in [1.807, 2.05) is 30.3 Å². The number of hydrogen-bond donors (Lipinski definition) is 4. The van der Waals surface area contributed by atoms with Gasteiger partial charge in [-0.25, -0.2) is 0 Å². The summed E-state index contributed by atoms with van der Waals surface area (Å²) < 4.78 is 6.05. The molecular formula is C24H21N3O5S2. The third kappa shape index (κ3) is 5.41. The van der Waals surface area contributed by atoms with Crippen molar-refractivity contribution in [2.45, 2.75) is 10.8 Å². The van der Waals surface area contributed by atoms with Crippen molar-refractivity contribution < 1.29 is 19.4 Å². The van der Waals surface area contributed by atoms with Gasteiger partial charge in [0.15, 0.2) is 0 Å². The lowest BCUT2D eigenvalue weighted by Crippen LogP contribution is -2.23. The molecule has 2 aromatic carbocycles. The first-order valence-electron chi connectivity index (χ1n) is 10.2. The Bertz CT molecular complexity index is 1400. The van der Waals surface area contributed by atoms with Gasteiger partial charge in [0, 0.05) is 24.4 Å². The number of methoxy groups -OCH3 is 1. The quantitative estimate of drug-likeness (QED) is 0.275. The lowest BCUT2D eigenvalue weighted by Gasteiger charge is -2.08. The fourth-order valence-electron chi connectivity index (χ4n) is 3.26. The number of ether oxygens (including phenoxy) is 1. The van der Waals surface area contributed by atoms with Crippen molar-refractivity contribution in [1.29, 1.82) is 0 Å². The first kappa shape index (κ1) is 23.4. The molecule has 2 aromatic heterocycles. The zero-order valence-corrected chi connectivity index (χ0v) is 19.7. The first-order valence-corrected chi connectivity index (χ1v) is 12.0. The zero-order chi connectivity index (χ0) is 24.1. The van der Waals surface area contributed by atoms with Crippen LogP contribution < -0.4 is 20.9 Å². The van der Waals surface area contributed by atoms with Crippen molar-refractivity contribution in [3.63, 3.8) is 0 Å². The van der Waals surface area contributed by atoms with E-state index in [4.69, 9.17) is 4.74 Å². The van der Waals surface area contributed by atoms with Crippen LogP contribution in [0.25, 0.3) is 10.2 Å². The standard InChI is InChI=1S/C24H21N3O5S2/c1-32-16-9-5-8-15(10-16)26-19(30)13-33-24-20(21-22(34-24)17(28)11-18(29)27-21)23(31)25-12-14-6-3-2-4-7-14/h2-11H,12-13H2,1H3,(H,25,31)(H,26,30)(H2,27,28,29). The number of hydrogen-bond acceptors (Lipinski definition) is 7. The van der Waals surface area contributed by atoms with Crippen molar-refractivity contribution in [2.75, 3.05) is 18.2 Å². The molecule has 0 atom stereocenters. The second kappa shape index (κ2) is 10.4. The van der Waals surface area contributed by atoms with Crippen LogP contribution in [0.5, 0.6) is 11.5 Å². The summed E-state index contributed by atoms with van der Waals surface area (Å²) in [5, 5.41) is 15.9. The number of H-pyrrole nitrogens is 1. The predicted molar refractivity (Wildman–Crippen MR) is 134 cm³/mol. The molecule has 0 saturated carbocycles. The molecule has 0 saturated heterocycles. The van der Waals surface area contributed by atoms with Crippen molar-refractivity contribution in [1.82, 2.24) is 10.3 Å². The molecule has 4 rings (SSSR count). The van der Waals surface area contributed by atoms with Gasteiger partial charge >= 0.3 is 0 Å². The van der Waals surface area contributed by atoms with E-state index < -0.39 is 11.5 Å². The van der Waals surface area contributed by atoms with E-state index in [2.05, 4.69) is 15.6 Å². The highest BCUT2D eigenvalue weighted by molar-refractivity contribution is 8.02. The van der Waals surface area contributed by atoms with Gasteiger partial charge in [-0.15, -0.1) is 23.1 Å². The molecule has 8 nitrogen and oxygen atoms in total. The third-order valence-corrected chi connectivity index (χ3v) is 7.32. The Morgan fingerprint density at radius 3 is 2.68 bits per heavy atom. The number of fused-ring (bicyclic) bond motifs is 1. The molecule has 10 heteroatoms. The number of nitrogens with one attached hydrogen (secondary N) is 3. The molecule has 2 heterocycles. The number of aromatic amines is 1. The smallest absolute Gasteiger partial charge is 0.255 e. The summed E-state index contributed by atoms with van der Waals surface area (Å²) in [5.41, 5.74) is 1.45. The number of benzene rings is 2. The van der Waals surface area contributed by atoms with Gasteiger partial charge in [-0.1, -0.05) is 36.4 Å². The summed E-state index contributed by atoms with van der Waals surface area (Å²) in [6.07, 6.45) is 0. The fraction of sp³-hybridized carbons (Fsp3) is 0.125. The maximum atomic E-state index is 13.1. The van der Waals surface area contributed by atoms with Gasteiger partial charge in [-0.3, -0.25) is 14.4 Å². The summed E-state index contributed by atoms with van der Waals surface area (Å²) in [7, 11) is 1.54. The maximum Gasteiger partial charge on any atom is 0.255 e. The number of carbonyl (C=O) groups excluding carboxylic acids is 2. The van der Waals surface area contributed by atoms with Gasteiger partial charge in [0.1, 0.15) is 11.5 Å². The van der Waals surface area contributed by atoms with Gasteiger partial charge in [0.2, 0.25) is 5.91 Å². The Balaban J connectivity index is 1.56. The molecule has 174 valence electrons. The minimum absolute atomic E-state index is 0.0218. The van der Waals surface area contributed by atoms with Crippen molar-refractivity contribution >= 4 is 50.8 Å². The van der Waals surface area contributed by atoms with Crippen LogP contribution in [-0.4, -0.2) is 34.8 Å². The van der Waals surface area contributed by atoms with Crippen LogP contribution >= 0.6 is 23.1 Å². The number of aromatic nitrogens is 1.